The molecule has 0 aromatic heterocycles. The van der Waals surface area contributed by atoms with E-state index < -0.39 is 0 Å². The molecule has 0 aliphatic heterocycles. The van der Waals surface area contributed by atoms with Crippen LogP contribution in [-0.4, -0.2) is 36.2 Å². The van der Waals surface area contributed by atoms with Crippen LogP contribution in [0.2, 0.25) is 0 Å². The second kappa shape index (κ2) is 19.1. The molecule has 23 valence electrons. The zero-order valence-electron chi connectivity index (χ0n) is 0.732. The molecule has 4 heavy (non-hydrogen) atoms. The fraction of sp³-hybridized carbons (Fsp3) is 0. The summed E-state index contributed by atoms with van der Waals surface area (Å²) in [5, 5.41) is 0. The van der Waals surface area contributed by atoms with Crippen molar-refractivity contribution < 1.29 is 34.1 Å². The SMILES string of the molecule is [AlH3].[Fe].[LiH].[Mn]. The first-order valence-corrected chi connectivity index (χ1v) is 0. The van der Waals surface area contributed by atoms with Crippen LogP contribution in [0.1, 0.15) is 0 Å². The molecule has 0 aliphatic carbocycles. The van der Waals surface area contributed by atoms with E-state index in [0.29, 0.717) is 0 Å². The van der Waals surface area contributed by atoms with Crippen molar-refractivity contribution in [1.82, 2.24) is 0 Å². The van der Waals surface area contributed by atoms with Gasteiger partial charge in [0.1, 0.15) is 0 Å². The molecule has 0 aromatic carbocycles. The van der Waals surface area contributed by atoms with Gasteiger partial charge in [0.2, 0.25) is 0 Å². The fourth-order valence-electron chi connectivity index (χ4n) is 0. The maximum atomic E-state index is 0. The van der Waals surface area contributed by atoms with Gasteiger partial charge in [-0.2, -0.15) is 0 Å². The van der Waals surface area contributed by atoms with Crippen LogP contribution in [0.25, 0.3) is 0 Å². The molecular weight excluding hydrogens is 145 g/mol. The summed E-state index contributed by atoms with van der Waals surface area (Å²) in [6, 6.07) is 0. The molecule has 0 bridgehead atoms. The molecule has 4 heteroatoms. The first kappa shape index (κ1) is 35.0. The van der Waals surface area contributed by atoms with Gasteiger partial charge in [0.15, 0.2) is 17.4 Å². The summed E-state index contributed by atoms with van der Waals surface area (Å²) in [4.78, 5) is 0. The van der Waals surface area contributed by atoms with E-state index in [0.717, 1.165) is 0 Å². The van der Waals surface area contributed by atoms with Gasteiger partial charge in [-0.1, -0.05) is 0 Å². The summed E-state index contributed by atoms with van der Waals surface area (Å²) in [6.45, 7) is 0. The molecule has 0 rings (SSSR count). The summed E-state index contributed by atoms with van der Waals surface area (Å²) >= 11 is 0. The van der Waals surface area contributed by atoms with E-state index in [9.17, 15) is 0 Å². The Hall–Kier alpha value is 2.17. The van der Waals surface area contributed by atoms with Crippen LogP contribution in [0.5, 0.6) is 0 Å². The molecule has 0 saturated heterocycles. The van der Waals surface area contributed by atoms with E-state index in [1.807, 2.05) is 0 Å². The Labute approximate surface area is 69.7 Å². The van der Waals surface area contributed by atoms with E-state index >= 15 is 0 Å². The summed E-state index contributed by atoms with van der Waals surface area (Å²) in [7, 11) is 0. The minimum atomic E-state index is 0. The second-order valence-corrected chi connectivity index (χ2v) is 0. The van der Waals surface area contributed by atoms with Crippen molar-refractivity contribution >= 4 is 36.2 Å². The summed E-state index contributed by atoms with van der Waals surface area (Å²) < 4.78 is 0. The molecule has 0 aliphatic rings. The number of hydrogen-bond acceptors (Lipinski definition) is 0. The third-order valence-corrected chi connectivity index (χ3v) is 0. The van der Waals surface area contributed by atoms with Crippen LogP contribution in [-0.2, 0) is 34.1 Å². The standard InChI is InChI=1S/Al.Fe.Li.Mn.4H. The van der Waals surface area contributed by atoms with Gasteiger partial charge < -0.3 is 0 Å². The molecule has 0 saturated carbocycles. The predicted molar refractivity (Wildman–Crippen MR) is 17.1 cm³/mol. The summed E-state index contributed by atoms with van der Waals surface area (Å²) in [5.41, 5.74) is 0. The minimum absolute atomic E-state index is 0. The van der Waals surface area contributed by atoms with Crippen molar-refractivity contribution in [2.75, 3.05) is 0 Å². The Kier molecular flexibility index (Phi) is 167. The number of hydrogen-bond donors (Lipinski definition) is 0. The third kappa shape index (κ3) is 8.90. The maximum absolute atomic E-state index is 0. The van der Waals surface area contributed by atoms with Gasteiger partial charge in [-0.15, -0.1) is 0 Å². The zero-order chi connectivity index (χ0) is 0. The van der Waals surface area contributed by atoms with Gasteiger partial charge in [-0.3, -0.25) is 0 Å². The van der Waals surface area contributed by atoms with Crippen molar-refractivity contribution in [2.45, 2.75) is 0 Å². The molecule has 0 spiro atoms. The van der Waals surface area contributed by atoms with Crippen molar-refractivity contribution in [3.05, 3.63) is 0 Å². The second-order valence-electron chi connectivity index (χ2n) is 0. The molecule has 0 fully saturated rings. The van der Waals surface area contributed by atoms with Crippen molar-refractivity contribution in [1.29, 1.82) is 0 Å². The molecule has 0 aromatic rings. The van der Waals surface area contributed by atoms with E-state index in [1.165, 1.54) is 0 Å². The predicted octanol–water partition coefficient (Wildman–Crippen LogP) is -1.84. The van der Waals surface area contributed by atoms with Crippen molar-refractivity contribution in [3.63, 3.8) is 0 Å². The van der Waals surface area contributed by atoms with Gasteiger partial charge in [0.05, 0.1) is 0 Å². The van der Waals surface area contributed by atoms with Crippen LogP contribution in [0.15, 0.2) is 0 Å². The quantitative estimate of drug-likeness (QED) is 0.355. The largest absolute Gasteiger partial charge is 0 e. The first-order valence-electron chi connectivity index (χ1n) is 0. The van der Waals surface area contributed by atoms with Gasteiger partial charge >= 0.3 is 18.9 Å². The van der Waals surface area contributed by atoms with Gasteiger partial charge in [-0.25, -0.2) is 0 Å². The molecule has 0 nitrogen and oxygen atoms in total. The average molecular weight is 149 g/mol. The monoisotopic (exact) mass is 149 g/mol. The van der Waals surface area contributed by atoms with Gasteiger partial charge in [0, 0.05) is 34.1 Å². The van der Waals surface area contributed by atoms with E-state index in [-0.39, 0.29) is 70.4 Å². The molecule has 0 N–H and O–H groups in total. The van der Waals surface area contributed by atoms with Gasteiger partial charge in [-0.05, 0) is 0 Å². The topological polar surface area (TPSA) is 0 Å². The summed E-state index contributed by atoms with van der Waals surface area (Å²) in [6.07, 6.45) is 0. The van der Waals surface area contributed by atoms with Crippen molar-refractivity contribution in [3.8, 4) is 0 Å². The molecular formula is H4AlFeLiMn. The Morgan fingerprint density at radius 3 is 1.00 bits per heavy atom. The first-order chi connectivity index (χ1) is 0. The maximum Gasteiger partial charge on any atom is 0 e. The smallest absolute Gasteiger partial charge is 0 e. The van der Waals surface area contributed by atoms with Crippen LogP contribution in [0, 0.1) is 0 Å². The Morgan fingerprint density at radius 2 is 1.00 bits per heavy atom. The molecule has 0 amide bonds. The van der Waals surface area contributed by atoms with E-state index in [4.69, 9.17) is 0 Å². The summed E-state index contributed by atoms with van der Waals surface area (Å²) in [5.74, 6) is 0. The van der Waals surface area contributed by atoms with Crippen LogP contribution in [0.4, 0.5) is 0 Å². The zero-order valence-corrected chi connectivity index (χ0v) is 3.02. The normalized spacial score (nSPS) is 0. The minimum Gasteiger partial charge on any atom is 0 e. The Balaban J connectivity index is 0. The van der Waals surface area contributed by atoms with Crippen LogP contribution in [0.3, 0.4) is 0 Å². The average Bonchev–Trinajstić information content (AvgIpc) is 0. The fourth-order valence-corrected chi connectivity index (χ4v) is 0. The molecule has 0 unspecified atom stereocenters. The molecule has 1 radical (unpaired) electrons. The van der Waals surface area contributed by atoms with Crippen molar-refractivity contribution in [2.24, 2.45) is 0 Å². The number of rotatable bonds is 0. The van der Waals surface area contributed by atoms with Gasteiger partial charge in [0.25, 0.3) is 0 Å². The third-order valence-electron chi connectivity index (χ3n) is 0. The van der Waals surface area contributed by atoms with E-state index in [1.54, 1.807) is 0 Å². The van der Waals surface area contributed by atoms with Crippen LogP contribution >= 0.6 is 0 Å². The van der Waals surface area contributed by atoms with E-state index in [2.05, 4.69) is 0 Å². The Bertz CT molecular complexity index is 8.00. The Morgan fingerprint density at radius 1 is 1.00 bits per heavy atom. The molecule has 0 heterocycles. The van der Waals surface area contributed by atoms with Crippen LogP contribution < -0.4 is 0 Å². The molecule has 0 atom stereocenters.